The standard InChI is InChI=1S/C26H26Cl2N4O2/c1-16-24(26(34)30-21-6-2-3-7-23(21)33)31-32(25(16)18-9-11-19(27)12-10-18)22-13-8-17(5-4-14-29)15-20(22)28/h8-13,15,21,23,33H,2-3,6-7,14,29H2,1H3,(H,30,34)/t21-,23+/m0/s1. The maximum atomic E-state index is 13.2. The van der Waals surface area contributed by atoms with Gasteiger partial charge >= 0.3 is 0 Å². The summed E-state index contributed by atoms with van der Waals surface area (Å²) in [4.78, 5) is 13.2. The van der Waals surface area contributed by atoms with E-state index >= 15 is 0 Å². The van der Waals surface area contributed by atoms with E-state index < -0.39 is 6.10 Å². The monoisotopic (exact) mass is 496 g/mol. The Kier molecular flexibility index (Phi) is 7.60. The van der Waals surface area contributed by atoms with Crippen LogP contribution in [0.15, 0.2) is 42.5 Å². The normalized spacial score (nSPS) is 17.7. The molecular formula is C26H26Cl2N4O2. The van der Waals surface area contributed by atoms with Crippen LogP contribution in [0.4, 0.5) is 0 Å². The Labute approximate surface area is 209 Å². The molecule has 0 unspecified atom stereocenters. The number of rotatable bonds is 4. The van der Waals surface area contributed by atoms with Crippen molar-refractivity contribution in [3.8, 4) is 28.8 Å². The lowest BCUT2D eigenvalue weighted by Gasteiger charge is -2.28. The lowest BCUT2D eigenvalue weighted by Crippen LogP contribution is -2.45. The van der Waals surface area contributed by atoms with Crippen molar-refractivity contribution in [2.75, 3.05) is 6.54 Å². The third-order valence-corrected chi connectivity index (χ3v) is 6.57. The minimum absolute atomic E-state index is 0.257. The van der Waals surface area contributed by atoms with Gasteiger partial charge in [0.05, 0.1) is 35.1 Å². The summed E-state index contributed by atoms with van der Waals surface area (Å²) in [5.41, 5.74) is 9.38. The zero-order valence-electron chi connectivity index (χ0n) is 18.8. The Morgan fingerprint density at radius 1 is 1.21 bits per heavy atom. The van der Waals surface area contributed by atoms with E-state index in [0.29, 0.717) is 27.7 Å². The molecule has 0 bridgehead atoms. The Morgan fingerprint density at radius 3 is 2.62 bits per heavy atom. The number of aliphatic hydroxyl groups excluding tert-OH is 1. The molecule has 1 saturated carbocycles. The van der Waals surface area contributed by atoms with Crippen molar-refractivity contribution in [3.05, 3.63) is 69.3 Å². The predicted molar refractivity (Wildman–Crippen MR) is 135 cm³/mol. The fourth-order valence-corrected chi connectivity index (χ4v) is 4.65. The van der Waals surface area contributed by atoms with Gasteiger partial charge in [0, 0.05) is 21.7 Å². The van der Waals surface area contributed by atoms with Crippen LogP contribution in [0.2, 0.25) is 10.0 Å². The van der Waals surface area contributed by atoms with E-state index in [9.17, 15) is 9.90 Å². The molecule has 0 saturated heterocycles. The van der Waals surface area contributed by atoms with E-state index in [1.54, 1.807) is 22.9 Å². The largest absolute Gasteiger partial charge is 0.391 e. The summed E-state index contributed by atoms with van der Waals surface area (Å²) in [7, 11) is 0. The molecule has 1 fully saturated rings. The maximum absolute atomic E-state index is 13.2. The molecule has 176 valence electrons. The van der Waals surface area contributed by atoms with Crippen molar-refractivity contribution >= 4 is 29.1 Å². The Hall–Kier alpha value is -2.82. The number of nitrogens with zero attached hydrogens (tertiary/aromatic N) is 2. The van der Waals surface area contributed by atoms with Crippen molar-refractivity contribution < 1.29 is 9.90 Å². The van der Waals surface area contributed by atoms with Gasteiger partial charge in [0.2, 0.25) is 0 Å². The Bertz CT molecular complexity index is 1260. The van der Waals surface area contributed by atoms with Crippen LogP contribution in [-0.4, -0.2) is 39.5 Å². The van der Waals surface area contributed by atoms with Gasteiger partial charge in [-0.05, 0) is 50.1 Å². The summed E-state index contributed by atoms with van der Waals surface area (Å²) < 4.78 is 1.67. The smallest absolute Gasteiger partial charge is 0.272 e. The van der Waals surface area contributed by atoms with Crippen molar-refractivity contribution in [1.82, 2.24) is 15.1 Å². The summed E-state index contributed by atoms with van der Waals surface area (Å²) in [5, 5.41) is 19.0. The third kappa shape index (κ3) is 5.13. The molecule has 1 amide bonds. The van der Waals surface area contributed by atoms with Crippen molar-refractivity contribution in [3.63, 3.8) is 0 Å². The van der Waals surface area contributed by atoms with Crippen LogP contribution in [0.25, 0.3) is 16.9 Å². The highest BCUT2D eigenvalue weighted by Gasteiger charge is 2.28. The molecule has 0 radical (unpaired) electrons. The predicted octanol–water partition coefficient (Wildman–Crippen LogP) is 4.50. The minimum Gasteiger partial charge on any atom is -0.391 e. The maximum Gasteiger partial charge on any atom is 0.272 e. The molecule has 3 aromatic rings. The van der Waals surface area contributed by atoms with Gasteiger partial charge in [0.15, 0.2) is 5.69 Å². The molecule has 1 aliphatic rings. The molecule has 6 nitrogen and oxygen atoms in total. The molecule has 1 aliphatic carbocycles. The van der Waals surface area contributed by atoms with E-state index in [1.807, 2.05) is 31.2 Å². The topological polar surface area (TPSA) is 93.2 Å². The van der Waals surface area contributed by atoms with Crippen LogP contribution >= 0.6 is 23.2 Å². The second-order valence-corrected chi connectivity index (χ2v) is 9.19. The number of nitrogens with one attached hydrogen (secondary N) is 1. The summed E-state index contributed by atoms with van der Waals surface area (Å²) in [6.07, 6.45) is 2.82. The fraction of sp³-hybridized carbons (Fsp3) is 0.308. The van der Waals surface area contributed by atoms with E-state index in [0.717, 1.165) is 36.1 Å². The second-order valence-electron chi connectivity index (χ2n) is 8.34. The number of hydrogen-bond donors (Lipinski definition) is 3. The number of amides is 1. The highest BCUT2D eigenvalue weighted by Crippen LogP contribution is 2.33. The summed E-state index contributed by atoms with van der Waals surface area (Å²) >= 11 is 12.7. The van der Waals surface area contributed by atoms with Crippen molar-refractivity contribution in [1.29, 1.82) is 0 Å². The number of aromatic nitrogens is 2. The number of aliphatic hydroxyl groups is 1. The molecule has 8 heteroatoms. The van der Waals surface area contributed by atoms with Gasteiger partial charge in [-0.25, -0.2) is 4.68 Å². The SMILES string of the molecule is Cc1c(C(=O)N[C@H]2CCCC[C@H]2O)nn(-c2ccc(C#CCN)cc2Cl)c1-c1ccc(Cl)cc1. The highest BCUT2D eigenvalue weighted by atomic mass is 35.5. The number of carbonyl (C=O) groups is 1. The first-order chi connectivity index (χ1) is 16.4. The summed E-state index contributed by atoms with van der Waals surface area (Å²) in [6, 6.07) is 12.5. The molecule has 2 atom stereocenters. The van der Waals surface area contributed by atoms with Gasteiger partial charge in [-0.1, -0.05) is 60.0 Å². The zero-order chi connectivity index (χ0) is 24.2. The van der Waals surface area contributed by atoms with Crippen LogP contribution in [0.1, 0.15) is 47.3 Å². The van der Waals surface area contributed by atoms with E-state index in [1.165, 1.54) is 0 Å². The number of carbonyl (C=O) groups excluding carboxylic acids is 1. The molecule has 0 aliphatic heterocycles. The Balaban J connectivity index is 1.79. The zero-order valence-corrected chi connectivity index (χ0v) is 20.3. The van der Waals surface area contributed by atoms with Crippen molar-refractivity contribution in [2.24, 2.45) is 5.73 Å². The van der Waals surface area contributed by atoms with Crippen LogP contribution in [-0.2, 0) is 0 Å². The summed E-state index contributed by atoms with van der Waals surface area (Å²) in [6.45, 7) is 2.11. The molecule has 4 rings (SSSR count). The first kappa shape index (κ1) is 24.3. The van der Waals surface area contributed by atoms with E-state index in [2.05, 4.69) is 22.3 Å². The first-order valence-corrected chi connectivity index (χ1v) is 12.0. The lowest BCUT2D eigenvalue weighted by molar-refractivity contribution is 0.0713. The number of nitrogens with two attached hydrogens (primary N) is 1. The Morgan fingerprint density at radius 2 is 1.94 bits per heavy atom. The summed E-state index contributed by atoms with van der Waals surface area (Å²) in [5.74, 6) is 5.46. The molecule has 34 heavy (non-hydrogen) atoms. The number of halogens is 2. The molecular weight excluding hydrogens is 471 g/mol. The number of benzene rings is 2. The van der Waals surface area contributed by atoms with Crippen LogP contribution < -0.4 is 11.1 Å². The molecule has 2 aromatic carbocycles. The van der Waals surface area contributed by atoms with Crippen molar-refractivity contribution in [2.45, 2.75) is 44.8 Å². The van der Waals surface area contributed by atoms with Gasteiger partial charge in [0.1, 0.15) is 0 Å². The van der Waals surface area contributed by atoms with E-state index in [-0.39, 0.29) is 24.2 Å². The molecule has 1 aromatic heterocycles. The lowest BCUT2D eigenvalue weighted by atomic mass is 9.92. The van der Waals surface area contributed by atoms with Gasteiger partial charge in [-0.3, -0.25) is 4.79 Å². The molecule has 1 heterocycles. The van der Waals surface area contributed by atoms with Crippen LogP contribution in [0, 0.1) is 18.8 Å². The van der Waals surface area contributed by atoms with Crippen LogP contribution in [0.5, 0.6) is 0 Å². The minimum atomic E-state index is -0.549. The fourth-order valence-electron chi connectivity index (χ4n) is 4.26. The van der Waals surface area contributed by atoms with E-state index in [4.69, 9.17) is 28.9 Å². The van der Waals surface area contributed by atoms with Gasteiger partial charge in [0.25, 0.3) is 5.91 Å². The second kappa shape index (κ2) is 10.6. The first-order valence-electron chi connectivity index (χ1n) is 11.2. The average Bonchev–Trinajstić information content (AvgIpc) is 3.16. The van der Waals surface area contributed by atoms with Gasteiger partial charge in [-0.2, -0.15) is 5.10 Å². The highest BCUT2D eigenvalue weighted by molar-refractivity contribution is 6.32. The third-order valence-electron chi connectivity index (χ3n) is 6.01. The van der Waals surface area contributed by atoms with Gasteiger partial charge in [-0.15, -0.1) is 0 Å². The average molecular weight is 497 g/mol. The quantitative estimate of drug-likeness (QED) is 0.463. The van der Waals surface area contributed by atoms with Crippen LogP contribution in [0.3, 0.4) is 0 Å². The molecule has 4 N–H and O–H groups in total. The molecule has 0 spiro atoms. The van der Waals surface area contributed by atoms with Gasteiger partial charge < -0.3 is 16.2 Å². The number of hydrogen-bond acceptors (Lipinski definition) is 4.